The summed E-state index contributed by atoms with van der Waals surface area (Å²) in [5.41, 5.74) is 0.926. The second kappa shape index (κ2) is 6.86. The number of carbonyl (C=O) groups is 2. The second-order valence-electron chi connectivity index (χ2n) is 4.82. The molecule has 0 saturated heterocycles. The van der Waals surface area contributed by atoms with Crippen LogP contribution in [0.3, 0.4) is 0 Å². The molecule has 0 radical (unpaired) electrons. The molecule has 9 heteroatoms. The van der Waals surface area contributed by atoms with Crippen molar-refractivity contribution in [2.45, 2.75) is 19.9 Å². The summed E-state index contributed by atoms with van der Waals surface area (Å²) in [6, 6.07) is 3.36. The number of anilines is 1. The average molecular weight is 372 g/mol. The zero-order valence-corrected chi connectivity index (χ0v) is 14.7. The molecular weight excluding hydrogens is 358 g/mol. The van der Waals surface area contributed by atoms with E-state index in [0.717, 1.165) is 10.6 Å². The largest absolute Gasteiger partial charge is 0.450 e. The molecule has 1 N–H and O–H groups in total. The monoisotopic (exact) mass is 371 g/mol. The number of nitrogens with zero attached hydrogens (tertiary/aromatic N) is 2. The van der Waals surface area contributed by atoms with Crippen molar-refractivity contribution in [3.8, 4) is 0 Å². The van der Waals surface area contributed by atoms with Gasteiger partial charge in [-0.3, -0.25) is 10.1 Å². The first-order chi connectivity index (χ1) is 11.1. The van der Waals surface area contributed by atoms with Crippen molar-refractivity contribution in [3.05, 3.63) is 31.9 Å². The fourth-order valence-corrected chi connectivity index (χ4v) is 4.17. The fraction of sp³-hybridized carbons (Fsp3) is 0.357. The highest BCUT2D eigenvalue weighted by Gasteiger charge is 2.25. The number of aromatic nitrogens is 1. The van der Waals surface area contributed by atoms with Gasteiger partial charge >= 0.3 is 6.09 Å². The first-order valence-corrected chi connectivity index (χ1v) is 9.05. The maximum atomic E-state index is 12.1. The van der Waals surface area contributed by atoms with Crippen molar-refractivity contribution in [1.29, 1.82) is 0 Å². The number of hydrogen-bond donors (Lipinski definition) is 1. The zero-order chi connectivity index (χ0) is 16.4. The summed E-state index contributed by atoms with van der Waals surface area (Å²) in [4.78, 5) is 31.5. The van der Waals surface area contributed by atoms with Crippen LogP contribution in [0.2, 0.25) is 4.34 Å². The summed E-state index contributed by atoms with van der Waals surface area (Å²) in [6.45, 7) is 3.18. The van der Waals surface area contributed by atoms with Gasteiger partial charge in [0.05, 0.1) is 28.1 Å². The summed E-state index contributed by atoms with van der Waals surface area (Å²) in [6.07, 6.45) is 0.344. The molecule has 3 rings (SSSR count). The SMILES string of the molecule is CCOC(=O)N1CCc2nc(NC(=O)c3ccc(Cl)s3)sc2C1. The Morgan fingerprint density at radius 2 is 2.26 bits per heavy atom. The van der Waals surface area contributed by atoms with Crippen LogP contribution in [0, 0.1) is 0 Å². The van der Waals surface area contributed by atoms with E-state index in [1.807, 2.05) is 0 Å². The van der Waals surface area contributed by atoms with Crippen molar-refractivity contribution in [2.24, 2.45) is 0 Å². The molecule has 0 saturated carbocycles. The quantitative estimate of drug-likeness (QED) is 0.894. The third kappa shape index (κ3) is 3.65. The van der Waals surface area contributed by atoms with E-state index in [2.05, 4.69) is 10.3 Å². The molecule has 1 aliphatic heterocycles. The smallest absolute Gasteiger partial charge is 0.410 e. The molecule has 2 amide bonds. The second-order valence-corrected chi connectivity index (χ2v) is 7.62. The molecule has 2 aromatic heterocycles. The minimum atomic E-state index is -0.314. The number of carbonyl (C=O) groups excluding carboxylic acids is 2. The number of thiazole rings is 1. The Bertz CT molecular complexity index is 743. The van der Waals surface area contributed by atoms with Gasteiger partial charge in [0, 0.05) is 17.8 Å². The first-order valence-electron chi connectivity index (χ1n) is 7.03. The van der Waals surface area contributed by atoms with Crippen LogP contribution in [-0.2, 0) is 17.7 Å². The molecule has 0 atom stereocenters. The summed E-state index contributed by atoms with van der Waals surface area (Å²) in [5, 5.41) is 3.32. The minimum Gasteiger partial charge on any atom is -0.450 e. The van der Waals surface area contributed by atoms with Gasteiger partial charge in [-0.05, 0) is 19.1 Å². The van der Waals surface area contributed by atoms with Crippen LogP contribution >= 0.6 is 34.3 Å². The molecule has 3 heterocycles. The molecule has 1 aliphatic rings. The van der Waals surface area contributed by atoms with E-state index in [1.165, 1.54) is 22.7 Å². The van der Waals surface area contributed by atoms with Gasteiger partial charge in [0.15, 0.2) is 5.13 Å². The lowest BCUT2D eigenvalue weighted by Crippen LogP contribution is -2.35. The molecule has 0 unspecified atom stereocenters. The zero-order valence-electron chi connectivity index (χ0n) is 12.3. The van der Waals surface area contributed by atoms with Crippen molar-refractivity contribution < 1.29 is 14.3 Å². The van der Waals surface area contributed by atoms with Crippen molar-refractivity contribution in [2.75, 3.05) is 18.5 Å². The van der Waals surface area contributed by atoms with E-state index in [4.69, 9.17) is 16.3 Å². The van der Waals surface area contributed by atoms with Gasteiger partial charge in [-0.15, -0.1) is 11.3 Å². The maximum Gasteiger partial charge on any atom is 0.410 e. The third-order valence-corrected chi connectivity index (χ3v) is 5.50. The fourth-order valence-electron chi connectivity index (χ4n) is 2.21. The summed E-state index contributed by atoms with van der Waals surface area (Å²) in [7, 11) is 0. The number of ether oxygens (including phenoxy) is 1. The van der Waals surface area contributed by atoms with Crippen molar-refractivity contribution in [1.82, 2.24) is 9.88 Å². The molecule has 0 spiro atoms. The van der Waals surface area contributed by atoms with Crippen LogP contribution in [0.5, 0.6) is 0 Å². The Morgan fingerprint density at radius 3 is 2.96 bits per heavy atom. The molecule has 2 aromatic rings. The number of amides is 2. The molecular formula is C14H14ClN3O3S2. The number of halogens is 1. The normalized spacial score (nSPS) is 13.6. The maximum absolute atomic E-state index is 12.1. The Labute approximate surface area is 146 Å². The standard InChI is InChI=1S/C14H14ClN3O3S2/c1-2-21-14(20)18-6-5-8-10(7-18)23-13(16-8)17-12(19)9-3-4-11(15)22-9/h3-4H,2,5-7H2,1H3,(H,16,17,19). The highest BCUT2D eigenvalue weighted by Crippen LogP contribution is 2.29. The highest BCUT2D eigenvalue weighted by atomic mass is 35.5. The lowest BCUT2D eigenvalue weighted by Gasteiger charge is -2.24. The summed E-state index contributed by atoms with van der Waals surface area (Å²) >= 11 is 8.44. The summed E-state index contributed by atoms with van der Waals surface area (Å²) < 4.78 is 5.59. The molecule has 23 heavy (non-hydrogen) atoms. The van der Waals surface area contributed by atoms with Gasteiger partial charge in [0.2, 0.25) is 0 Å². The van der Waals surface area contributed by atoms with Crippen LogP contribution in [0.4, 0.5) is 9.93 Å². The number of nitrogens with one attached hydrogen (secondary N) is 1. The van der Waals surface area contributed by atoms with Crippen LogP contribution in [0.25, 0.3) is 0 Å². The number of fused-ring (bicyclic) bond motifs is 1. The highest BCUT2D eigenvalue weighted by molar-refractivity contribution is 7.18. The lowest BCUT2D eigenvalue weighted by molar-refractivity contribution is 0.102. The Kier molecular flexibility index (Phi) is 4.84. The number of rotatable bonds is 3. The van der Waals surface area contributed by atoms with E-state index in [9.17, 15) is 9.59 Å². The van der Waals surface area contributed by atoms with Crippen LogP contribution in [-0.4, -0.2) is 35.0 Å². The molecule has 6 nitrogen and oxygen atoms in total. The topological polar surface area (TPSA) is 71.5 Å². The van der Waals surface area contributed by atoms with Gasteiger partial charge in [0.1, 0.15) is 0 Å². The van der Waals surface area contributed by atoms with Crippen LogP contribution in [0.1, 0.15) is 27.2 Å². The van der Waals surface area contributed by atoms with Gasteiger partial charge in [-0.1, -0.05) is 22.9 Å². The van der Waals surface area contributed by atoms with E-state index < -0.39 is 0 Å². The lowest BCUT2D eigenvalue weighted by atomic mass is 10.2. The molecule has 0 fully saturated rings. The van der Waals surface area contributed by atoms with E-state index >= 15 is 0 Å². The van der Waals surface area contributed by atoms with Crippen LogP contribution in [0.15, 0.2) is 12.1 Å². The van der Waals surface area contributed by atoms with Crippen molar-refractivity contribution in [3.63, 3.8) is 0 Å². The minimum absolute atomic E-state index is 0.227. The van der Waals surface area contributed by atoms with Gasteiger partial charge in [-0.25, -0.2) is 9.78 Å². The van der Waals surface area contributed by atoms with E-state index in [-0.39, 0.29) is 12.0 Å². The van der Waals surface area contributed by atoms with E-state index in [1.54, 1.807) is 24.0 Å². The predicted molar refractivity (Wildman–Crippen MR) is 90.5 cm³/mol. The van der Waals surface area contributed by atoms with E-state index in [0.29, 0.717) is 40.5 Å². The van der Waals surface area contributed by atoms with Gasteiger partial charge in [0.25, 0.3) is 5.91 Å². The Balaban J connectivity index is 1.68. The predicted octanol–water partition coefficient (Wildman–Crippen LogP) is 3.62. The summed E-state index contributed by atoms with van der Waals surface area (Å²) in [5.74, 6) is -0.227. The molecule has 0 aliphatic carbocycles. The Hall–Kier alpha value is -1.64. The average Bonchev–Trinajstić information content (AvgIpc) is 3.12. The van der Waals surface area contributed by atoms with Crippen LogP contribution < -0.4 is 5.32 Å². The molecule has 122 valence electrons. The van der Waals surface area contributed by atoms with Gasteiger partial charge < -0.3 is 9.64 Å². The Morgan fingerprint density at radius 1 is 1.43 bits per heavy atom. The van der Waals surface area contributed by atoms with Gasteiger partial charge in [-0.2, -0.15) is 0 Å². The number of hydrogen-bond acceptors (Lipinski definition) is 6. The molecule has 0 aromatic carbocycles. The van der Waals surface area contributed by atoms with Crippen molar-refractivity contribution >= 4 is 51.4 Å². The first kappa shape index (κ1) is 16.2. The number of thiophene rings is 1. The molecule has 0 bridgehead atoms. The third-order valence-electron chi connectivity index (χ3n) is 3.27.